The fourth-order valence-electron chi connectivity index (χ4n) is 2.66. The summed E-state index contributed by atoms with van der Waals surface area (Å²) in [5.74, 6) is 0.318. The Kier molecular flexibility index (Phi) is 7.67. The van der Waals surface area contributed by atoms with Gasteiger partial charge in [-0.3, -0.25) is 9.93 Å². The van der Waals surface area contributed by atoms with E-state index < -0.39 is 5.82 Å². The number of rotatable bonds is 9. The highest BCUT2D eigenvalue weighted by Crippen LogP contribution is 2.28. The molecule has 1 amide bonds. The van der Waals surface area contributed by atoms with Gasteiger partial charge >= 0.3 is 0 Å². The van der Waals surface area contributed by atoms with E-state index in [4.69, 9.17) is 9.88 Å². The van der Waals surface area contributed by atoms with E-state index in [2.05, 4.69) is 30.9 Å². The summed E-state index contributed by atoms with van der Waals surface area (Å²) in [6.45, 7) is 8.46. The summed E-state index contributed by atoms with van der Waals surface area (Å²) in [7, 11) is 0. The third kappa shape index (κ3) is 6.77. The summed E-state index contributed by atoms with van der Waals surface area (Å²) >= 11 is 1.14. The van der Waals surface area contributed by atoms with Crippen LogP contribution in [-0.2, 0) is 4.79 Å². The molecule has 2 aromatic heterocycles. The topological polar surface area (TPSA) is 127 Å². The van der Waals surface area contributed by atoms with Crippen LogP contribution < -0.4 is 25.8 Å². The lowest BCUT2D eigenvalue weighted by molar-refractivity contribution is -0.105. The van der Waals surface area contributed by atoms with Crippen molar-refractivity contribution in [3.05, 3.63) is 47.9 Å². The van der Waals surface area contributed by atoms with Crippen LogP contribution in [0.2, 0.25) is 0 Å². The third-order valence-corrected chi connectivity index (χ3v) is 4.97. The van der Waals surface area contributed by atoms with E-state index in [0.29, 0.717) is 24.5 Å². The van der Waals surface area contributed by atoms with Crippen molar-refractivity contribution in [3.63, 3.8) is 0 Å². The monoisotopic (exact) mass is 471 g/mol. The molecule has 0 spiro atoms. The van der Waals surface area contributed by atoms with Gasteiger partial charge in [-0.2, -0.15) is 4.98 Å². The number of nitrogens with two attached hydrogens (primary N) is 1. The van der Waals surface area contributed by atoms with Gasteiger partial charge in [0.15, 0.2) is 23.2 Å². The molecule has 0 fully saturated rings. The second kappa shape index (κ2) is 10.5. The van der Waals surface area contributed by atoms with Crippen molar-refractivity contribution in [2.75, 3.05) is 22.6 Å². The van der Waals surface area contributed by atoms with Crippen molar-refractivity contribution < 1.29 is 13.9 Å². The molecule has 5 N–H and O–H groups in total. The number of ether oxygens (including phenoxy) is 1. The van der Waals surface area contributed by atoms with Crippen molar-refractivity contribution in [1.29, 1.82) is 0 Å². The largest absolute Gasteiger partial charge is 0.489 e. The molecule has 33 heavy (non-hydrogen) atoms. The highest BCUT2D eigenvalue weighted by Gasteiger charge is 2.15. The Hall–Kier alpha value is -3.44. The summed E-state index contributed by atoms with van der Waals surface area (Å²) in [4.78, 5) is 24.4. The number of anilines is 5. The van der Waals surface area contributed by atoms with Crippen LogP contribution in [0.1, 0.15) is 26.3 Å². The fraction of sp³-hybridized carbons (Fsp3) is 0.273. The minimum atomic E-state index is -0.664. The molecule has 3 rings (SSSR count). The molecule has 2 heterocycles. The molecule has 3 aromatic rings. The average molecular weight is 472 g/mol. The number of carbonyl (C=O) groups excluding carboxylic acids is 1. The zero-order valence-electron chi connectivity index (χ0n) is 18.8. The molecule has 0 aliphatic heterocycles. The Bertz CT molecular complexity index is 1140. The first-order valence-corrected chi connectivity index (χ1v) is 10.9. The number of nitrogens with one attached hydrogen (secondary N) is 3. The molecule has 0 aliphatic carbocycles. The zero-order chi connectivity index (χ0) is 24.0. The number of carbonyl (C=O) groups is 1. The maximum Gasteiger partial charge on any atom is 0.229 e. The van der Waals surface area contributed by atoms with E-state index in [-0.39, 0.29) is 28.8 Å². The van der Waals surface area contributed by atoms with Crippen molar-refractivity contribution in [3.8, 4) is 5.75 Å². The van der Waals surface area contributed by atoms with Crippen LogP contribution in [0.15, 0.2) is 41.4 Å². The Morgan fingerprint density at radius 2 is 1.94 bits per heavy atom. The highest BCUT2D eigenvalue weighted by atomic mass is 32.2. The van der Waals surface area contributed by atoms with Crippen LogP contribution in [0.5, 0.6) is 5.75 Å². The van der Waals surface area contributed by atoms with E-state index >= 15 is 0 Å². The average Bonchev–Trinajstić information content (AvgIpc) is 2.76. The van der Waals surface area contributed by atoms with Crippen LogP contribution in [0, 0.1) is 18.2 Å². The molecule has 1 aromatic carbocycles. The minimum Gasteiger partial charge on any atom is -0.489 e. The lowest BCUT2D eigenvalue weighted by atomic mass is 9.99. The maximum atomic E-state index is 14.4. The van der Waals surface area contributed by atoms with Gasteiger partial charge in [0.1, 0.15) is 5.82 Å². The first kappa shape index (κ1) is 24.2. The van der Waals surface area contributed by atoms with Gasteiger partial charge in [0.25, 0.3) is 0 Å². The van der Waals surface area contributed by atoms with Crippen molar-refractivity contribution in [2.45, 2.75) is 32.6 Å². The molecule has 0 atom stereocenters. The maximum absolute atomic E-state index is 14.4. The second-order valence-electron chi connectivity index (χ2n) is 8.39. The predicted molar refractivity (Wildman–Crippen MR) is 129 cm³/mol. The number of aromatic nitrogens is 3. The molecule has 0 radical (unpaired) electrons. The van der Waals surface area contributed by atoms with Crippen LogP contribution in [0.25, 0.3) is 0 Å². The van der Waals surface area contributed by atoms with E-state index in [1.54, 1.807) is 12.1 Å². The molecule has 0 unspecified atom stereocenters. The van der Waals surface area contributed by atoms with Crippen molar-refractivity contribution in [2.24, 2.45) is 10.6 Å². The van der Waals surface area contributed by atoms with Gasteiger partial charge < -0.3 is 20.7 Å². The molecular weight excluding hydrogens is 445 g/mol. The number of pyridine rings is 1. The fourth-order valence-corrected chi connectivity index (χ4v) is 3.11. The quantitative estimate of drug-likeness (QED) is 0.258. The number of hydrogen-bond donors (Lipinski definition) is 4. The molecule has 11 heteroatoms. The van der Waals surface area contributed by atoms with Crippen LogP contribution >= 0.6 is 11.9 Å². The van der Waals surface area contributed by atoms with E-state index in [1.807, 2.05) is 45.9 Å². The van der Waals surface area contributed by atoms with Gasteiger partial charge in [0.05, 0.1) is 12.8 Å². The van der Waals surface area contributed by atoms with Crippen LogP contribution in [-0.4, -0.2) is 28.0 Å². The molecule has 0 bridgehead atoms. The molecule has 0 saturated carbocycles. The van der Waals surface area contributed by atoms with Gasteiger partial charge in [0, 0.05) is 10.6 Å². The van der Waals surface area contributed by atoms with Gasteiger partial charge in [-0.1, -0.05) is 26.8 Å². The zero-order valence-corrected chi connectivity index (χ0v) is 19.6. The summed E-state index contributed by atoms with van der Waals surface area (Å²) in [6.07, 6.45) is 1.55. The van der Waals surface area contributed by atoms with Gasteiger partial charge in [0.2, 0.25) is 12.4 Å². The third-order valence-electron chi connectivity index (χ3n) is 4.28. The number of halogens is 1. The Morgan fingerprint density at radius 1 is 1.15 bits per heavy atom. The normalized spacial score (nSPS) is 11.1. The smallest absolute Gasteiger partial charge is 0.229 e. The lowest BCUT2D eigenvalue weighted by Gasteiger charge is -2.20. The van der Waals surface area contributed by atoms with Crippen molar-refractivity contribution in [1.82, 2.24) is 15.0 Å². The molecule has 174 valence electrons. The molecule has 9 nitrogen and oxygen atoms in total. The Balaban J connectivity index is 1.81. The lowest BCUT2D eigenvalue weighted by Crippen LogP contribution is -2.17. The summed E-state index contributed by atoms with van der Waals surface area (Å²) < 4.78 is 20.1. The highest BCUT2D eigenvalue weighted by molar-refractivity contribution is 7.97. The standard InChI is InChI=1S/C22H26FN7O2S/c1-13-5-6-14(9-17(13)33-24)27-21-25-10-15(23)19(30-21)28-18-8-7-16(20(29-18)26-12-31)32-11-22(2,3)4/h5-10,12H,11,24H2,1-4H3,(H3,25,26,27,28,29,30,31). The van der Waals surface area contributed by atoms with E-state index in [9.17, 15) is 9.18 Å². The number of benzene rings is 1. The first-order chi connectivity index (χ1) is 15.7. The molecule has 0 saturated heterocycles. The SMILES string of the molecule is Cc1ccc(Nc2ncc(F)c(Nc3ccc(OCC(C)(C)C)c(NC=O)n3)n2)cc1SN. The van der Waals surface area contributed by atoms with Crippen molar-refractivity contribution >= 4 is 47.4 Å². The van der Waals surface area contributed by atoms with Gasteiger partial charge in [-0.05, 0) is 54.1 Å². The predicted octanol–water partition coefficient (Wildman–Crippen LogP) is 4.77. The summed E-state index contributed by atoms with van der Waals surface area (Å²) in [5.41, 5.74) is 1.67. The molecule has 0 aliphatic rings. The Labute approximate surface area is 195 Å². The second-order valence-corrected chi connectivity index (χ2v) is 9.07. The van der Waals surface area contributed by atoms with Gasteiger partial charge in [-0.15, -0.1) is 0 Å². The first-order valence-electron chi connectivity index (χ1n) is 10.1. The number of aryl methyl sites for hydroxylation is 1. The van der Waals surface area contributed by atoms with E-state index in [0.717, 1.165) is 28.6 Å². The number of nitrogens with zero attached hydrogens (tertiary/aromatic N) is 3. The van der Waals surface area contributed by atoms with E-state index in [1.165, 1.54) is 0 Å². The molecular formula is C22H26FN7O2S. The van der Waals surface area contributed by atoms with Crippen LogP contribution in [0.3, 0.4) is 0 Å². The van der Waals surface area contributed by atoms with Crippen LogP contribution in [0.4, 0.5) is 33.5 Å². The number of hydrogen-bond acceptors (Lipinski definition) is 9. The summed E-state index contributed by atoms with van der Waals surface area (Å²) in [5, 5.41) is 14.0. The van der Waals surface area contributed by atoms with Gasteiger partial charge in [-0.25, -0.2) is 14.4 Å². The Morgan fingerprint density at radius 3 is 2.64 bits per heavy atom. The summed E-state index contributed by atoms with van der Waals surface area (Å²) in [6, 6.07) is 8.87. The number of amides is 1. The minimum absolute atomic E-state index is 0.0795.